The Balaban J connectivity index is 1.40. The first-order valence-electron chi connectivity index (χ1n) is 20.0. The summed E-state index contributed by atoms with van der Waals surface area (Å²) in [6.07, 6.45) is -5.16. The van der Waals surface area contributed by atoms with E-state index in [9.17, 15) is 34.2 Å². The molecule has 2 spiro atoms. The molecule has 318 valence electrons. The summed E-state index contributed by atoms with van der Waals surface area (Å²) >= 11 is 0. The topological polar surface area (TPSA) is 225 Å². The summed E-state index contributed by atoms with van der Waals surface area (Å²) in [6.45, 7) is 14.3. The minimum Gasteiger partial charge on any atom is -0.472 e. The van der Waals surface area contributed by atoms with Gasteiger partial charge in [0.15, 0.2) is 28.5 Å². The number of carbonyl (C=O) groups is 5. The van der Waals surface area contributed by atoms with Crippen LogP contribution in [-0.2, 0) is 66.6 Å². The van der Waals surface area contributed by atoms with E-state index in [0.717, 1.165) is 6.92 Å². The molecule has 8 aliphatic rings. The highest BCUT2D eigenvalue weighted by molar-refractivity contribution is 5.83. The fourth-order valence-corrected chi connectivity index (χ4v) is 13.6. The molecule has 4 aliphatic carbocycles. The zero-order chi connectivity index (χ0) is 42.2. The van der Waals surface area contributed by atoms with Gasteiger partial charge in [0, 0.05) is 42.1 Å². The Morgan fingerprint density at radius 1 is 0.983 bits per heavy atom. The largest absolute Gasteiger partial charge is 0.472 e. The molecule has 4 aliphatic heterocycles. The number of epoxide rings is 1. The van der Waals surface area contributed by atoms with Crippen molar-refractivity contribution >= 4 is 29.8 Å². The minimum atomic E-state index is -2.78. The second kappa shape index (κ2) is 11.4. The van der Waals surface area contributed by atoms with Gasteiger partial charge in [0.2, 0.25) is 0 Å². The lowest BCUT2D eigenvalue weighted by Gasteiger charge is -2.79. The van der Waals surface area contributed by atoms with Crippen molar-refractivity contribution in [2.75, 3.05) is 7.11 Å². The van der Waals surface area contributed by atoms with E-state index in [1.807, 2.05) is 6.92 Å². The van der Waals surface area contributed by atoms with Gasteiger partial charge in [-0.1, -0.05) is 34.6 Å². The Labute approximate surface area is 334 Å². The predicted octanol–water partition coefficient (Wildman–Crippen LogP) is 2.71. The minimum absolute atomic E-state index is 0.149. The first kappa shape index (κ1) is 39.8. The van der Waals surface area contributed by atoms with Gasteiger partial charge in [-0.25, -0.2) is 4.79 Å². The summed E-state index contributed by atoms with van der Waals surface area (Å²) in [6, 6.07) is 1.62. The average molecular weight is 817 g/mol. The van der Waals surface area contributed by atoms with Crippen LogP contribution in [0.1, 0.15) is 106 Å². The molecule has 17 heteroatoms. The number of hydrogen-bond acceptors (Lipinski definition) is 17. The lowest BCUT2D eigenvalue weighted by Crippen LogP contribution is -2.99. The van der Waals surface area contributed by atoms with Gasteiger partial charge < -0.3 is 57.3 Å². The fraction of sp³-hybridized carbons (Fsp3) is 0.780. The van der Waals surface area contributed by atoms with Gasteiger partial charge in [-0.05, 0) is 45.1 Å². The second-order valence-electron chi connectivity index (χ2n) is 19.0. The number of rotatable bonds is 9. The van der Waals surface area contributed by atoms with E-state index in [2.05, 4.69) is 0 Å². The number of carbonyl (C=O) groups excluding carboxylic acids is 5. The smallest absolute Gasteiger partial charge is 0.341 e. The van der Waals surface area contributed by atoms with Gasteiger partial charge in [0.1, 0.15) is 29.5 Å². The van der Waals surface area contributed by atoms with Crippen molar-refractivity contribution in [2.45, 2.75) is 165 Å². The van der Waals surface area contributed by atoms with Gasteiger partial charge >= 0.3 is 29.8 Å². The van der Waals surface area contributed by atoms with E-state index in [1.165, 1.54) is 33.5 Å². The molecule has 0 aromatic carbocycles. The van der Waals surface area contributed by atoms with Crippen molar-refractivity contribution in [3.05, 3.63) is 24.2 Å². The van der Waals surface area contributed by atoms with Gasteiger partial charge in [-0.3, -0.25) is 19.2 Å². The summed E-state index contributed by atoms with van der Waals surface area (Å²) in [7, 11) is 1.21. The standard InChI is InChI=1S/C41H52O17/c1-11-19(2)28(45)52-24-15-33(6)27(22-12-13-50-17-22)53-26(44)16-38(33)41-30(51-21(4)42)39(48)29(54-31(46)34(7)20(3)55-34)32(5)18-37(39,47)35(8,23(32)14-25(43)49-10)40(24,41)57-36(9,56-38)58-41/h12-13,17,19-20,23-24,27,29-30,47-48H,11,14-16,18H2,1-10H3/t19-,20+,23+,24-,27+,29+,30-,32-,33+,34-,35-,36-,37-,38+,39+,40+,41+/m1/s1. The Hall–Kier alpha value is -3.61. The summed E-state index contributed by atoms with van der Waals surface area (Å²) in [5, 5.41) is 27.8. The van der Waals surface area contributed by atoms with Crippen molar-refractivity contribution in [1.29, 1.82) is 0 Å². The normalized spacial score (nSPS) is 52.9. The molecular formula is C41H52O17. The maximum absolute atomic E-state index is 14.2. The summed E-state index contributed by atoms with van der Waals surface area (Å²) < 4.78 is 63.0. The van der Waals surface area contributed by atoms with E-state index in [0.29, 0.717) is 12.0 Å². The highest BCUT2D eigenvalue weighted by Gasteiger charge is 3.07. The van der Waals surface area contributed by atoms with Crippen LogP contribution in [0.25, 0.3) is 0 Å². The second-order valence-corrected chi connectivity index (χ2v) is 19.0. The maximum atomic E-state index is 14.2. The summed E-state index contributed by atoms with van der Waals surface area (Å²) in [4.78, 5) is 70.0. The number of furan rings is 1. The Morgan fingerprint density at radius 2 is 1.66 bits per heavy atom. The monoisotopic (exact) mass is 816 g/mol. The zero-order valence-electron chi connectivity index (χ0n) is 34.3. The number of esters is 5. The molecule has 4 saturated carbocycles. The van der Waals surface area contributed by atoms with Crippen LogP contribution in [-0.4, -0.2) is 111 Å². The van der Waals surface area contributed by atoms with Crippen LogP contribution in [0.2, 0.25) is 0 Å². The summed E-state index contributed by atoms with van der Waals surface area (Å²) in [5.74, 6) is -7.76. The third-order valence-electron chi connectivity index (χ3n) is 16.4. The molecule has 17 atom stereocenters. The van der Waals surface area contributed by atoms with Crippen LogP contribution < -0.4 is 0 Å². The molecule has 5 heterocycles. The zero-order valence-corrected chi connectivity index (χ0v) is 34.3. The molecule has 17 nitrogen and oxygen atoms in total. The number of ether oxygens (including phenoxy) is 9. The molecule has 4 bridgehead atoms. The Kier molecular flexibility index (Phi) is 7.83. The van der Waals surface area contributed by atoms with E-state index in [1.54, 1.807) is 40.7 Å². The molecule has 1 aromatic rings. The highest BCUT2D eigenvalue weighted by Crippen LogP contribution is 2.89. The number of methoxy groups -OCH3 is 1. The van der Waals surface area contributed by atoms with Crippen LogP contribution in [0.15, 0.2) is 23.0 Å². The van der Waals surface area contributed by atoms with Crippen LogP contribution >= 0.6 is 0 Å². The van der Waals surface area contributed by atoms with Crippen molar-refractivity contribution in [2.24, 2.45) is 28.1 Å². The van der Waals surface area contributed by atoms with Gasteiger partial charge in [0.05, 0.1) is 38.1 Å². The number of fused-ring (bicyclic) bond motifs is 2. The molecule has 0 amide bonds. The number of hydrogen-bond donors (Lipinski definition) is 2. The van der Waals surface area contributed by atoms with E-state index in [-0.39, 0.29) is 12.8 Å². The first-order chi connectivity index (χ1) is 26.9. The van der Waals surface area contributed by atoms with Crippen molar-refractivity contribution in [1.82, 2.24) is 0 Å². The molecular weight excluding hydrogens is 764 g/mol. The van der Waals surface area contributed by atoms with Gasteiger partial charge in [-0.2, -0.15) is 0 Å². The number of aliphatic hydroxyl groups is 2. The molecule has 0 radical (unpaired) electrons. The number of cyclic esters (lactones) is 1. The van der Waals surface area contributed by atoms with E-state index >= 15 is 0 Å². The predicted molar refractivity (Wildman–Crippen MR) is 189 cm³/mol. The van der Waals surface area contributed by atoms with Crippen molar-refractivity contribution in [3.63, 3.8) is 0 Å². The van der Waals surface area contributed by atoms with Crippen molar-refractivity contribution < 1.29 is 81.2 Å². The van der Waals surface area contributed by atoms with Crippen LogP contribution in [0.4, 0.5) is 0 Å². The molecule has 58 heavy (non-hydrogen) atoms. The van der Waals surface area contributed by atoms with Crippen LogP contribution in [0, 0.1) is 28.1 Å². The highest BCUT2D eigenvalue weighted by atomic mass is 17.0. The molecule has 2 N–H and O–H groups in total. The third kappa shape index (κ3) is 3.98. The molecule has 8 fully saturated rings. The molecule has 4 saturated heterocycles. The molecule has 1 aromatic heterocycles. The molecule has 9 rings (SSSR count). The summed E-state index contributed by atoms with van der Waals surface area (Å²) in [5.41, 5.74) is -17.7. The third-order valence-corrected chi connectivity index (χ3v) is 16.4. The molecule has 0 unspecified atom stereocenters. The average Bonchev–Trinajstić information content (AvgIpc) is 3.60. The Bertz CT molecular complexity index is 2020. The van der Waals surface area contributed by atoms with Crippen LogP contribution in [0.5, 0.6) is 0 Å². The quantitative estimate of drug-likeness (QED) is 0.208. The lowest BCUT2D eigenvalue weighted by atomic mass is 9.31. The maximum Gasteiger partial charge on any atom is 0.341 e. The van der Waals surface area contributed by atoms with Gasteiger partial charge in [-0.15, -0.1) is 0 Å². The Morgan fingerprint density at radius 3 is 2.24 bits per heavy atom. The first-order valence-corrected chi connectivity index (χ1v) is 20.0. The SMILES string of the molecule is CC[C@@H](C)C(=O)O[C@@H]1C[C@@]2(C)[C@H](c3ccoc3)OC(=O)C[C@]23O[C@@]2(C)O[C@@]34[C@H](OC(C)=O)[C@@]3(O)[C@@H](OC(=O)[C@]5(C)O[C@H]5C)[C@]5(C)C[C@@]3(O)[C@@](C)([C@H]5CC(=O)OC)[C@@]14O2. The van der Waals surface area contributed by atoms with Crippen LogP contribution in [0.3, 0.4) is 0 Å². The lowest BCUT2D eigenvalue weighted by molar-refractivity contribution is -0.479. The van der Waals surface area contributed by atoms with Gasteiger partial charge in [0.25, 0.3) is 5.97 Å². The van der Waals surface area contributed by atoms with Crippen molar-refractivity contribution in [3.8, 4) is 0 Å². The van der Waals surface area contributed by atoms with E-state index in [4.69, 9.17) is 47.0 Å². The fourth-order valence-electron chi connectivity index (χ4n) is 13.6. The van der Waals surface area contributed by atoms with E-state index < -0.39 is 141 Å².